The summed E-state index contributed by atoms with van der Waals surface area (Å²) in [7, 11) is 0. The summed E-state index contributed by atoms with van der Waals surface area (Å²) < 4.78 is 43.9. The van der Waals surface area contributed by atoms with Crippen molar-refractivity contribution < 1.29 is 27.5 Å². The molecule has 0 aromatic heterocycles. The lowest BCUT2D eigenvalue weighted by molar-refractivity contribution is -0.137. The van der Waals surface area contributed by atoms with E-state index in [1.807, 2.05) is 0 Å². The van der Waals surface area contributed by atoms with Gasteiger partial charge in [-0.3, -0.25) is 9.69 Å². The summed E-state index contributed by atoms with van der Waals surface area (Å²) in [5.41, 5.74) is -1.63. The van der Waals surface area contributed by atoms with E-state index in [-0.39, 0.29) is 5.56 Å². The molecule has 1 aromatic rings. The fourth-order valence-corrected chi connectivity index (χ4v) is 2.78. The Balaban J connectivity index is 2.25. The molecule has 1 aliphatic heterocycles. The Morgan fingerprint density at radius 2 is 1.84 bits per heavy atom. The maximum atomic E-state index is 12.9. The van der Waals surface area contributed by atoms with E-state index in [9.17, 15) is 22.8 Å². The Labute approximate surface area is 144 Å². The summed E-state index contributed by atoms with van der Waals surface area (Å²) >= 11 is 0. The molecule has 25 heavy (non-hydrogen) atoms. The van der Waals surface area contributed by atoms with Gasteiger partial charge in [-0.25, -0.2) is 4.79 Å². The monoisotopic (exact) mass is 357 g/mol. The molecule has 7 heteroatoms. The third-order valence-electron chi connectivity index (χ3n) is 3.91. The van der Waals surface area contributed by atoms with E-state index >= 15 is 0 Å². The number of carbonyl (C=O) groups excluding carboxylic acids is 2. The number of halogens is 3. The van der Waals surface area contributed by atoms with Crippen LogP contribution in [0.3, 0.4) is 0 Å². The van der Waals surface area contributed by atoms with Crippen molar-refractivity contribution in [1.29, 1.82) is 0 Å². The maximum absolute atomic E-state index is 12.9. The molecular formula is C18H22F3NO3. The van der Waals surface area contributed by atoms with Gasteiger partial charge in [-0.2, -0.15) is 13.2 Å². The van der Waals surface area contributed by atoms with Crippen LogP contribution in [0.1, 0.15) is 56.0 Å². The largest absolute Gasteiger partial charge is 0.444 e. The third-order valence-corrected chi connectivity index (χ3v) is 3.91. The average Bonchev–Trinajstić information content (AvgIpc) is 2.52. The van der Waals surface area contributed by atoms with Crippen LogP contribution in [0.25, 0.3) is 0 Å². The highest BCUT2D eigenvalue weighted by Gasteiger charge is 2.36. The summed E-state index contributed by atoms with van der Waals surface area (Å²) in [4.78, 5) is 26.4. The van der Waals surface area contributed by atoms with E-state index in [0.29, 0.717) is 13.0 Å². The van der Waals surface area contributed by atoms with Crippen molar-refractivity contribution in [3.8, 4) is 0 Å². The number of Topliss-reactive ketones (excluding diaryl/α,β-unsaturated/α-hetero) is 1. The van der Waals surface area contributed by atoms with Crippen molar-refractivity contribution in [2.75, 3.05) is 6.54 Å². The number of nitrogens with zero attached hydrogens (tertiary/aromatic N) is 1. The molecule has 1 amide bonds. The summed E-state index contributed by atoms with van der Waals surface area (Å²) in [6, 6.07) is 3.51. The number of likely N-dealkylation sites (tertiary alicyclic amines) is 1. The summed E-state index contributed by atoms with van der Waals surface area (Å²) in [5.74, 6) is -0.489. The lowest BCUT2D eigenvalue weighted by Gasteiger charge is -2.36. The van der Waals surface area contributed by atoms with Gasteiger partial charge in [-0.15, -0.1) is 0 Å². The molecule has 0 N–H and O–H groups in total. The van der Waals surface area contributed by atoms with Gasteiger partial charge >= 0.3 is 12.3 Å². The van der Waals surface area contributed by atoms with Gasteiger partial charge in [-0.05, 0) is 52.2 Å². The van der Waals surface area contributed by atoms with E-state index in [4.69, 9.17) is 4.74 Å². The molecule has 2 rings (SSSR count). The van der Waals surface area contributed by atoms with E-state index < -0.39 is 35.3 Å². The minimum Gasteiger partial charge on any atom is -0.444 e. The predicted octanol–water partition coefficient (Wildman–Crippen LogP) is 4.68. The van der Waals surface area contributed by atoms with Crippen LogP contribution in [0.15, 0.2) is 24.3 Å². The van der Waals surface area contributed by atoms with Gasteiger partial charge in [0.05, 0.1) is 11.6 Å². The van der Waals surface area contributed by atoms with Crippen LogP contribution >= 0.6 is 0 Å². The quantitative estimate of drug-likeness (QED) is 0.722. The molecule has 1 aromatic carbocycles. The molecule has 4 nitrogen and oxygen atoms in total. The van der Waals surface area contributed by atoms with Gasteiger partial charge < -0.3 is 4.74 Å². The Bertz CT molecular complexity index is 650. The van der Waals surface area contributed by atoms with Crippen LogP contribution in [0.5, 0.6) is 0 Å². The molecule has 1 aliphatic rings. The first-order valence-electron chi connectivity index (χ1n) is 8.20. The minimum atomic E-state index is -4.52. The SMILES string of the molecule is CC(C)(C)OC(=O)N1CCCC[C@H]1C(=O)c1cccc(C(F)(F)F)c1. The highest BCUT2D eigenvalue weighted by atomic mass is 19.4. The van der Waals surface area contributed by atoms with E-state index in [1.165, 1.54) is 17.0 Å². The molecule has 0 spiro atoms. The average molecular weight is 357 g/mol. The molecule has 1 fully saturated rings. The molecule has 0 bridgehead atoms. The third kappa shape index (κ3) is 4.96. The normalized spacial score (nSPS) is 18.8. The van der Waals surface area contributed by atoms with E-state index in [0.717, 1.165) is 25.0 Å². The lowest BCUT2D eigenvalue weighted by atomic mass is 9.94. The second-order valence-corrected chi connectivity index (χ2v) is 7.13. The zero-order valence-corrected chi connectivity index (χ0v) is 14.5. The Kier molecular flexibility index (Phi) is 5.44. The fraction of sp³-hybridized carbons (Fsp3) is 0.556. The number of amides is 1. The van der Waals surface area contributed by atoms with Crippen LogP contribution in [-0.4, -0.2) is 35.0 Å². The summed E-state index contributed by atoms with van der Waals surface area (Å²) in [6.45, 7) is 5.51. The highest BCUT2D eigenvalue weighted by molar-refractivity contribution is 6.01. The van der Waals surface area contributed by atoms with Crippen molar-refractivity contribution in [2.45, 2.75) is 57.9 Å². The molecule has 0 unspecified atom stereocenters. The van der Waals surface area contributed by atoms with Gasteiger partial charge in [0.1, 0.15) is 5.60 Å². The number of carbonyl (C=O) groups is 2. The first kappa shape index (κ1) is 19.3. The zero-order valence-electron chi connectivity index (χ0n) is 14.5. The van der Waals surface area contributed by atoms with Gasteiger partial charge in [0, 0.05) is 12.1 Å². The smallest absolute Gasteiger partial charge is 0.416 e. The van der Waals surface area contributed by atoms with Gasteiger partial charge in [0.15, 0.2) is 5.78 Å². The van der Waals surface area contributed by atoms with Crippen molar-refractivity contribution >= 4 is 11.9 Å². The number of benzene rings is 1. The summed E-state index contributed by atoms with van der Waals surface area (Å²) in [6.07, 6.45) is -3.26. The predicted molar refractivity (Wildman–Crippen MR) is 86.4 cm³/mol. The molecule has 0 saturated carbocycles. The van der Waals surface area contributed by atoms with Crippen LogP contribution < -0.4 is 0 Å². The van der Waals surface area contributed by atoms with Crippen LogP contribution in [0.4, 0.5) is 18.0 Å². The second kappa shape index (κ2) is 7.06. The fourth-order valence-electron chi connectivity index (χ4n) is 2.78. The number of ketones is 1. The molecule has 1 atom stereocenters. The summed E-state index contributed by atoms with van der Waals surface area (Å²) in [5, 5.41) is 0. The van der Waals surface area contributed by atoms with Crippen molar-refractivity contribution in [3.63, 3.8) is 0 Å². The van der Waals surface area contributed by atoms with Gasteiger partial charge in [0.2, 0.25) is 0 Å². The molecule has 0 radical (unpaired) electrons. The number of ether oxygens (including phenoxy) is 1. The number of hydrogen-bond donors (Lipinski definition) is 0. The van der Waals surface area contributed by atoms with Crippen molar-refractivity contribution in [2.24, 2.45) is 0 Å². The minimum absolute atomic E-state index is 0.0460. The van der Waals surface area contributed by atoms with E-state index in [1.54, 1.807) is 20.8 Å². The molecule has 1 heterocycles. The second-order valence-electron chi connectivity index (χ2n) is 7.13. The number of hydrogen-bond acceptors (Lipinski definition) is 3. The highest BCUT2D eigenvalue weighted by Crippen LogP contribution is 2.31. The van der Waals surface area contributed by atoms with Crippen molar-refractivity contribution in [1.82, 2.24) is 4.90 Å². The number of rotatable bonds is 2. The van der Waals surface area contributed by atoms with Crippen LogP contribution in [0, 0.1) is 0 Å². The Morgan fingerprint density at radius 1 is 1.16 bits per heavy atom. The standard InChI is InChI=1S/C18H22F3NO3/c1-17(2,3)25-16(24)22-10-5-4-9-14(22)15(23)12-7-6-8-13(11-12)18(19,20)21/h6-8,11,14H,4-5,9-10H2,1-3H3/t14-/m0/s1. The first-order valence-corrected chi connectivity index (χ1v) is 8.20. The van der Waals surface area contributed by atoms with Crippen LogP contribution in [-0.2, 0) is 10.9 Å². The topological polar surface area (TPSA) is 46.6 Å². The number of alkyl halides is 3. The lowest BCUT2D eigenvalue weighted by Crippen LogP contribution is -2.49. The molecular weight excluding hydrogens is 335 g/mol. The van der Waals surface area contributed by atoms with Crippen molar-refractivity contribution in [3.05, 3.63) is 35.4 Å². The number of piperidine rings is 1. The first-order chi connectivity index (χ1) is 11.5. The molecule has 138 valence electrons. The van der Waals surface area contributed by atoms with Gasteiger partial charge in [0.25, 0.3) is 0 Å². The molecule has 0 aliphatic carbocycles. The maximum Gasteiger partial charge on any atom is 0.416 e. The van der Waals surface area contributed by atoms with E-state index in [2.05, 4.69) is 0 Å². The molecule has 1 saturated heterocycles. The Morgan fingerprint density at radius 3 is 2.44 bits per heavy atom. The van der Waals surface area contributed by atoms with Gasteiger partial charge in [-0.1, -0.05) is 12.1 Å². The Hall–Kier alpha value is -2.05. The zero-order chi connectivity index (χ0) is 18.8. The van der Waals surface area contributed by atoms with Crippen LogP contribution in [0.2, 0.25) is 0 Å².